The van der Waals surface area contributed by atoms with Crippen molar-refractivity contribution in [2.75, 3.05) is 12.8 Å². The molecule has 0 aliphatic heterocycles. The lowest BCUT2D eigenvalue weighted by molar-refractivity contribution is -0.139. The summed E-state index contributed by atoms with van der Waals surface area (Å²) in [6, 6.07) is 0.108. The lowest BCUT2D eigenvalue weighted by Crippen LogP contribution is -2.47. The van der Waals surface area contributed by atoms with Gasteiger partial charge in [0.25, 0.3) is 0 Å². The number of carbonyl (C=O) groups excluding carboxylic acids is 2. The quantitative estimate of drug-likeness (QED) is 0.508. The van der Waals surface area contributed by atoms with E-state index in [1.165, 1.54) is 0 Å². The normalized spacial score (nSPS) is 23.2. The fraction of sp³-hybridized carbons (Fsp3) is 0.727. The molecule has 0 aromatic carbocycles. The van der Waals surface area contributed by atoms with Crippen molar-refractivity contribution in [1.82, 2.24) is 10.6 Å². The number of nitrogens with two attached hydrogens (primary N) is 1. The predicted molar refractivity (Wildman–Crippen MR) is 77.5 cm³/mol. The van der Waals surface area contributed by atoms with Gasteiger partial charge in [0.05, 0.1) is 11.5 Å². The Morgan fingerprint density at radius 1 is 1.28 bits per heavy atom. The summed E-state index contributed by atoms with van der Waals surface area (Å²) in [7, 11) is 0. The zero-order chi connectivity index (χ0) is 13.5. The van der Waals surface area contributed by atoms with Gasteiger partial charge in [0.2, 0.25) is 0 Å². The van der Waals surface area contributed by atoms with Crippen LogP contribution >= 0.6 is 24.0 Å². The maximum atomic E-state index is 11.6. The van der Waals surface area contributed by atoms with Gasteiger partial charge in [0.15, 0.2) is 0 Å². The highest BCUT2D eigenvalue weighted by molar-refractivity contribution is 7.99. The second kappa shape index (κ2) is 7.58. The molecule has 0 heterocycles. The van der Waals surface area contributed by atoms with E-state index in [0.29, 0.717) is 5.25 Å². The highest BCUT2D eigenvalue weighted by Crippen LogP contribution is 2.26. The van der Waals surface area contributed by atoms with Gasteiger partial charge in [-0.3, -0.25) is 9.59 Å². The topological polar surface area (TPSA) is 84.2 Å². The van der Waals surface area contributed by atoms with Crippen LogP contribution in [0.1, 0.15) is 25.7 Å². The lowest BCUT2D eigenvalue weighted by Gasteiger charge is -2.27. The average molecular weight is 289 g/mol. The number of thioether (sulfide) groups is 1. The van der Waals surface area contributed by atoms with Gasteiger partial charge < -0.3 is 16.4 Å². The molecular weight excluding hydrogens is 270 g/mol. The van der Waals surface area contributed by atoms with Crippen LogP contribution in [0.25, 0.3) is 0 Å². The van der Waals surface area contributed by atoms with Crippen molar-refractivity contribution >= 4 is 40.8 Å². The minimum atomic E-state index is -0.671. The summed E-state index contributed by atoms with van der Waals surface area (Å²) in [5.41, 5.74) is 5.24. The number of hydrogen-bond acceptors (Lipinski definition) is 4. The molecule has 0 bridgehead atoms. The number of nitrogens with one attached hydrogen (secondary N) is 2. The van der Waals surface area contributed by atoms with E-state index in [4.69, 9.17) is 5.73 Å². The first-order valence-electron chi connectivity index (χ1n) is 5.92. The zero-order valence-corrected chi connectivity index (χ0v) is 12.0. The molecule has 7 heteroatoms. The molecule has 2 amide bonds. The largest absolute Gasteiger partial charge is 0.392 e. The second-order valence-corrected chi connectivity index (χ2v) is 5.99. The van der Waals surface area contributed by atoms with Crippen LogP contribution < -0.4 is 16.4 Å². The first-order chi connectivity index (χ1) is 8.52. The minimum absolute atomic E-state index is 0.0564. The zero-order valence-electron chi connectivity index (χ0n) is 10.4. The highest BCUT2D eigenvalue weighted by atomic mass is 32.2. The van der Waals surface area contributed by atoms with E-state index < -0.39 is 11.8 Å². The van der Waals surface area contributed by atoms with Crippen molar-refractivity contribution in [1.29, 1.82) is 0 Å². The molecule has 1 saturated carbocycles. The maximum absolute atomic E-state index is 11.6. The van der Waals surface area contributed by atoms with Crippen molar-refractivity contribution in [3.05, 3.63) is 0 Å². The summed E-state index contributed by atoms with van der Waals surface area (Å²) < 4.78 is 0. The molecule has 0 radical (unpaired) electrons. The Balaban J connectivity index is 2.28. The standard InChI is InChI=1S/C11H19N3O2S2/c1-18-8-4-2-7(3-5-8)14-11(16)10(15)13-6-9(12)17/h7-8H,2-6H2,1H3,(H2,12,17)(H,13,15)(H,14,16). The second-order valence-electron chi connectivity index (χ2n) is 4.33. The Bertz CT molecular complexity index is 328. The summed E-state index contributed by atoms with van der Waals surface area (Å²) in [5.74, 6) is -1.27. The molecule has 4 N–H and O–H groups in total. The molecule has 18 heavy (non-hydrogen) atoms. The number of carbonyl (C=O) groups is 2. The summed E-state index contributed by atoms with van der Waals surface area (Å²) in [5, 5.41) is 5.79. The monoisotopic (exact) mass is 289 g/mol. The third-order valence-corrected chi connectivity index (χ3v) is 4.25. The van der Waals surface area contributed by atoms with Crippen molar-refractivity contribution < 1.29 is 9.59 Å². The number of hydrogen-bond donors (Lipinski definition) is 3. The van der Waals surface area contributed by atoms with Crippen LogP contribution in [0.3, 0.4) is 0 Å². The van der Waals surface area contributed by atoms with E-state index in [1.807, 2.05) is 11.8 Å². The van der Waals surface area contributed by atoms with Crippen LogP contribution in [0.15, 0.2) is 0 Å². The maximum Gasteiger partial charge on any atom is 0.309 e. The molecule has 1 aliphatic carbocycles. The fourth-order valence-corrected chi connectivity index (χ4v) is 2.76. The predicted octanol–water partition coefficient (Wildman–Crippen LogP) is 0.179. The van der Waals surface area contributed by atoms with Gasteiger partial charge >= 0.3 is 11.8 Å². The molecule has 102 valence electrons. The van der Waals surface area contributed by atoms with Gasteiger partial charge in [0, 0.05) is 11.3 Å². The van der Waals surface area contributed by atoms with Gasteiger partial charge in [0.1, 0.15) is 0 Å². The van der Waals surface area contributed by atoms with Crippen LogP contribution in [-0.4, -0.2) is 40.9 Å². The molecule has 1 aliphatic rings. The Morgan fingerprint density at radius 2 is 1.89 bits per heavy atom. The average Bonchev–Trinajstić information content (AvgIpc) is 2.36. The van der Waals surface area contributed by atoms with Crippen LogP contribution in [0, 0.1) is 0 Å². The smallest absolute Gasteiger partial charge is 0.309 e. The summed E-state index contributed by atoms with van der Waals surface area (Å²) in [6.45, 7) is 0.0564. The summed E-state index contributed by atoms with van der Waals surface area (Å²) >= 11 is 6.48. The fourth-order valence-electron chi connectivity index (χ4n) is 1.94. The Kier molecular flexibility index (Phi) is 6.42. The lowest BCUT2D eigenvalue weighted by atomic mass is 9.95. The van der Waals surface area contributed by atoms with E-state index in [2.05, 4.69) is 29.1 Å². The molecule has 0 saturated heterocycles. The number of rotatable bonds is 4. The van der Waals surface area contributed by atoms with Crippen LogP contribution in [0.5, 0.6) is 0 Å². The number of thiocarbonyl (C=S) groups is 1. The van der Waals surface area contributed by atoms with Gasteiger partial charge in [-0.05, 0) is 31.9 Å². The van der Waals surface area contributed by atoms with Crippen molar-refractivity contribution in [3.8, 4) is 0 Å². The first-order valence-corrected chi connectivity index (χ1v) is 7.62. The van der Waals surface area contributed by atoms with E-state index in [9.17, 15) is 9.59 Å². The first kappa shape index (κ1) is 15.2. The van der Waals surface area contributed by atoms with Gasteiger partial charge in [-0.15, -0.1) is 0 Å². The summed E-state index contributed by atoms with van der Waals surface area (Å²) in [6.07, 6.45) is 6.13. The van der Waals surface area contributed by atoms with Crippen LogP contribution in [-0.2, 0) is 9.59 Å². The van der Waals surface area contributed by atoms with Crippen LogP contribution in [0.2, 0.25) is 0 Å². The van der Waals surface area contributed by atoms with Crippen molar-refractivity contribution in [2.24, 2.45) is 5.73 Å². The molecule has 0 unspecified atom stereocenters. The SMILES string of the molecule is CSC1CCC(NC(=O)C(=O)NCC(N)=S)CC1. The van der Waals surface area contributed by atoms with Gasteiger partial charge in [-0.2, -0.15) is 11.8 Å². The van der Waals surface area contributed by atoms with E-state index in [1.54, 1.807) is 0 Å². The molecule has 0 atom stereocenters. The Labute approximate surface area is 117 Å². The molecule has 0 aromatic heterocycles. The Hall–Kier alpha value is -0.820. The van der Waals surface area contributed by atoms with E-state index >= 15 is 0 Å². The third-order valence-electron chi connectivity index (χ3n) is 2.97. The van der Waals surface area contributed by atoms with Gasteiger partial charge in [-0.25, -0.2) is 0 Å². The summed E-state index contributed by atoms with van der Waals surface area (Å²) in [4.78, 5) is 23.1. The van der Waals surface area contributed by atoms with Crippen molar-refractivity contribution in [2.45, 2.75) is 37.0 Å². The van der Waals surface area contributed by atoms with E-state index in [-0.39, 0.29) is 17.6 Å². The van der Waals surface area contributed by atoms with E-state index in [0.717, 1.165) is 25.7 Å². The minimum Gasteiger partial charge on any atom is -0.392 e. The molecule has 1 rings (SSSR count). The van der Waals surface area contributed by atoms with Gasteiger partial charge in [-0.1, -0.05) is 12.2 Å². The molecule has 5 nitrogen and oxygen atoms in total. The Morgan fingerprint density at radius 3 is 2.39 bits per heavy atom. The molecular formula is C11H19N3O2S2. The molecule has 1 fully saturated rings. The third kappa shape index (κ3) is 5.22. The molecule has 0 aromatic rings. The highest BCUT2D eigenvalue weighted by Gasteiger charge is 2.23. The number of amides is 2. The molecule has 0 spiro atoms. The van der Waals surface area contributed by atoms with Crippen LogP contribution in [0.4, 0.5) is 0 Å². The van der Waals surface area contributed by atoms with Crippen molar-refractivity contribution in [3.63, 3.8) is 0 Å².